The van der Waals surface area contributed by atoms with Crippen LogP contribution in [0.3, 0.4) is 0 Å². The molecule has 3 rings (SSSR count). The third kappa shape index (κ3) is 3.85. The van der Waals surface area contributed by atoms with Crippen molar-refractivity contribution >= 4 is 28.3 Å². The minimum Gasteiger partial charge on any atom is -0.489 e. The summed E-state index contributed by atoms with van der Waals surface area (Å²) in [4.78, 5) is 35.7. The second-order valence-electron chi connectivity index (χ2n) is 5.69. The van der Waals surface area contributed by atoms with E-state index < -0.39 is 16.9 Å². The molecule has 1 aromatic heterocycles. The van der Waals surface area contributed by atoms with Gasteiger partial charge in [-0.25, -0.2) is 14.8 Å². The summed E-state index contributed by atoms with van der Waals surface area (Å²) in [5, 5.41) is 14.6. The highest BCUT2D eigenvalue weighted by atomic mass is 32.1. The maximum atomic E-state index is 12.8. The SMILES string of the molecule is COc1c(C(=O)N2CCCN2C(=O)OCc2ccccc2)csc1[N+](=O)[O-]. The molecule has 10 heteroatoms. The molecule has 2 aromatic rings. The molecule has 0 spiro atoms. The summed E-state index contributed by atoms with van der Waals surface area (Å²) in [6, 6.07) is 9.19. The molecule has 2 amide bonds. The van der Waals surface area contributed by atoms with Gasteiger partial charge in [0, 0.05) is 18.5 Å². The number of carbonyl (C=O) groups is 2. The highest BCUT2D eigenvalue weighted by Crippen LogP contribution is 2.38. The minimum absolute atomic E-state index is 0.0527. The molecule has 0 aliphatic carbocycles. The number of nitro groups is 1. The zero-order valence-electron chi connectivity index (χ0n) is 14.5. The number of hydrogen-bond acceptors (Lipinski definition) is 7. The molecule has 27 heavy (non-hydrogen) atoms. The number of nitrogens with zero attached hydrogens (tertiary/aromatic N) is 3. The Morgan fingerprint density at radius 2 is 1.93 bits per heavy atom. The maximum Gasteiger partial charge on any atom is 0.429 e. The van der Waals surface area contributed by atoms with Crippen molar-refractivity contribution in [2.24, 2.45) is 0 Å². The van der Waals surface area contributed by atoms with Gasteiger partial charge in [-0.05, 0) is 12.0 Å². The molecule has 9 nitrogen and oxygen atoms in total. The summed E-state index contributed by atoms with van der Waals surface area (Å²) >= 11 is 0.807. The first kappa shape index (κ1) is 18.6. The van der Waals surface area contributed by atoms with Crippen molar-refractivity contribution < 1.29 is 24.0 Å². The van der Waals surface area contributed by atoms with Crippen LogP contribution in [0, 0.1) is 10.1 Å². The normalized spacial score (nSPS) is 13.5. The van der Waals surface area contributed by atoms with Gasteiger partial charge in [0.25, 0.3) is 5.91 Å². The van der Waals surface area contributed by atoms with Crippen LogP contribution in [0.15, 0.2) is 35.7 Å². The van der Waals surface area contributed by atoms with Gasteiger partial charge in [-0.1, -0.05) is 41.7 Å². The van der Waals surface area contributed by atoms with Gasteiger partial charge in [0.05, 0.1) is 12.0 Å². The lowest BCUT2D eigenvalue weighted by molar-refractivity contribution is -0.381. The van der Waals surface area contributed by atoms with Crippen LogP contribution < -0.4 is 4.74 Å². The largest absolute Gasteiger partial charge is 0.489 e. The number of thiophene rings is 1. The molecule has 1 aliphatic rings. The summed E-state index contributed by atoms with van der Waals surface area (Å²) in [6.45, 7) is 0.728. The van der Waals surface area contributed by atoms with E-state index in [1.807, 2.05) is 30.3 Å². The van der Waals surface area contributed by atoms with Crippen LogP contribution in [0.25, 0.3) is 0 Å². The second-order valence-corrected chi connectivity index (χ2v) is 6.55. The first-order chi connectivity index (χ1) is 13.0. The van der Waals surface area contributed by atoms with Gasteiger partial charge in [-0.3, -0.25) is 14.9 Å². The molecular weight excluding hydrogens is 374 g/mol. The molecule has 142 valence electrons. The monoisotopic (exact) mass is 391 g/mol. The molecule has 0 radical (unpaired) electrons. The number of amides is 2. The standard InChI is InChI=1S/C17H17N3O6S/c1-25-14-13(11-27-16(14)20(23)24)15(21)18-8-5-9-19(18)17(22)26-10-12-6-3-2-4-7-12/h2-4,6-7,11H,5,8-10H2,1H3. The van der Waals surface area contributed by atoms with Crippen molar-refractivity contribution in [3.05, 3.63) is 57.0 Å². The third-order valence-electron chi connectivity index (χ3n) is 4.01. The van der Waals surface area contributed by atoms with Crippen LogP contribution in [0.5, 0.6) is 5.75 Å². The Bertz CT molecular complexity index is 854. The zero-order valence-corrected chi connectivity index (χ0v) is 15.3. The first-order valence-electron chi connectivity index (χ1n) is 8.12. The topological polar surface area (TPSA) is 102 Å². The quantitative estimate of drug-likeness (QED) is 0.573. The summed E-state index contributed by atoms with van der Waals surface area (Å²) in [5.74, 6) is -0.634. The minimum atomic E-state index is -0.645. The van der Waals surface area contributed by atoms with Crippen molar-refractivity contribution in [2.45, 2.75) is 13.0 Å². The van der Waals surface area contributed by atoms with Crippen LogP contribution in [-0.2, 0) is 11.3 Å². The van der Waals surface area contributed by atoms with Crippen molar-refractivity contribution in [3.8, 4) is 5.75 Å². The van der Waals surface area contributed by atoms with E-state index in [-0.39, 0.29) is 22.9 Å². The molecule has 0 atom stereocenters. The Labute approximate surface area is 158 Å². The van der Waals surface area contributed by atoms with Crippen LogP contribution in [0.2, 0.25) is 0 Å². The average molecular weight is 391 g/mol. The Balaban J connectivity index is 1.73. The van der Waals surface area contributed by atoms with Crippen molar-refractivity contribution in [3.63, 3.8) is 0 Å². The van der Waals surface area contributed by atoms with Gasteiger partial charge in [0.1, 0.15) is 12.2 Å². The fourth-order valence-electron chi connectivity index (χ4n) is 2.75. The number of hydrazine groups is 1. The Morgan fingerprint density at radius 3 is 2.59 bits per heavy atom. The zero-order chi connectivity index (χ0) is 19.4. The smallest absolute Gasteiger partial charge is 0.429 e. The van der Waals surface area contributed by atoms with E-state index in [1.54, 1.807) is 0 Å². The number of ether oxygens (including phenoxy) is 2. The predicted molar refractivity (Wildman–Crippen MR) is 96.5 cm³/mol. The van der Waals surface area contributed by atoms with E-state index in [1.165, 1.54) is 22.5 Å². The third-order valence-corrected chi connectivity index (χ3v) is 4.92. The van der Waals surface area contributed by atoms with E-state index in [2.05, 4.69) is 0 Å². The number of methoxy groups -OCH3 is 1. The molecule has 0 bridgehead atoms. The Morgan fingerprint density at radius 1 is 1.22 bits per heavy atom. The Hall–Kier alpha value is -3.14. The van der Waals surface area contributed by atoms with Crippen molar-refractivity contribution in [1.29, 1.82) is 0 Å². The van der Waals surface area contributed by atoms with Crippen LogP contribution in [0.1, 0.15) is 22.3 Å². The van der Waals surface area contributed by atoms with E-state index >= 15 is 0 Å². The Kier molecular flexibility index (Phi) is 5.55. The lowest BCUT2D eigenvalue weighted by Gasteiger charge is -2.27. The van der Waals surface area contributed by atoms with E-state index in [0.29, 0.717) is 19.5 Å². The number of hydrogen-bond donors (Lipinski definition) is 0. The molecule has 0 N–H and O–H groups in total. The van der Waals surface area contributed by atoms with Gasteiger partial charge in [-0.15, -0.1) is 0 Å². The molecular formula is C17H17N3O6S. The van der Waals surface area contributed by atoms with Crippen molar-refractivity contribution in [1.82, 2.24) is 10.0 Å². The molecule has 1 saturated heterocycles. The molecule has 1 aromatic carbocycles. The van der Waals surface area contributed by atoms with Crippen molar-refractivity contribution in [2.75, 3.05) is 20.2 Å². The van der Waals surface area contributed by atoms with Gasteiger partial charge >= 0.3 is 11.1 Å². The van der Waals surface area contributed by atoms with Crippen LogP contribution >= 0.6 is 11.3 Å². The van der Waals surface area contributed by atoms with E-state index in [4.69, 9.17) is 9.47 Å². The maximum absolute atomic E-state index is 12.8. The number of rotatable bonds is 5. The predicted octanol–water partition coefficient (Wildman–Crippen LogP) is 3.06. The fourth-order valence-corrected chi connectivity index (χ4v) is 3.58. The number of carbonyl (C=O) groups excluding carboxylic acids is 2. The summed E-state index contributed by atoms with van der Waals surface area (Å²) in [7, 11) is 1.27. The molecule has 2 heterocycles. The molecule has 0 saturated carbocycles. The van der Waals surface area contributed by atoms with Gasteiger partial charge in [-0.2, -0.15) is 0 Å². The molecule has 1 aliphatic heterocycles. The average Bonchev–Trinajstić information content (AvgIpc) is 3.33. The highest BCUT2D eigenvalue weighted by Gasteiger charge is 2.36. The van der Waals surface area contributed by atoms with E-state index in [9.17, 15) is 19.7 Å². The second kappa shape index (κ2) is 8.04. The highest BCUT2D eigenvalue weighted by molar-refractivity contribution is 7.14. The summed E-state index contributed by atoms with van der Waals surface area (Å²) < 4.78 is 10.3. The van der Waals surface area contributed by atoms with Gasteiger partial charge in [0.2, 0.25) is 5.75 Å². The van der Waals surface area contributed by atoms with Crippen LogP contribution in [0.4, 0.5) is 9.80 Å². The summed E-state index contributed by atoms with van der Waals surface area (Å²) in [5.41, 5.74) is 0.884. The fraction of sp³-hybridized carbons (Fsp3) is 0.294. The summed E-state index contributed by atoms with van der Waals surface area (Å²) in [6.07, 6.45) is -0.0610. The lowest BCUT2D eigenvalue weighted by Crippen LogP contribution is -2.45. The lowest BCUT2D eigenvalue weighted by atomic mass is 10.2. The molecule has 0 unspecified atom stereocenters. The molecule has 1 fully saturated rings. The van der Waals surface area contributed by atoms with Gasteiger partial charge in [0.15, 0.2) is 0 Å². The van der Waals surface area contributed by atoms with Gasteiger partial charge < -0.3 is 9.47 Å². The van der Waals surface area contributed by atoms with E-state index in [0.717, 1.165) is 16.9 Å². The number of benzene rings is 1. The van der Waals surface area contributed by atoms with Crippen LogP contribution in [-0.4, -0.2) is 47.1 Å². The first-order valence-corrected chi connectivity index (χ1v) is 9.00.